The van der Waals surface area contributed by atoms with Crippen molar-refractivity contribution in [2.24, 2.45) is 0 Å². The van der Waals surface area contributed by atoms with Crippen molar-refractivity contribution in [3.05, 3.63) is 30.6 Å². The Kier molecular flexibility index (Phi) is 19.4. The van der Waals surface area contributed by atoms with Crippen molar-refractivity contribution >= 4 is 10.4 Å². The number of rotatable bonds is 0. The van der Waals surface area contributed by atoms with Crippen LogP contribution in [0.25, 0.3) is 0 Å². The van der Waals surface area contributed by atoms with Gasteiger partial charge < -0.3 is 30.6 Å². The van der Waals surface area contributed by atoms with Crippen LogP contribution in [0.4, 0.5) is 0 Å². The quantitative estimate of drug-likeness (QED) is 0.309. The van der Waals surface area contributed by atoms with Crippen molar-refractivity contribution in [2.75, 3.05) is 0 Å². The van der Waals surface area contributed by atoms with E-state index in [2.05, 4.69) is 0 Å². The molecule has 87 valence electrons. The fourth-order valence-electron chi connectivity index (χ4n) is 0. The average molecular weight is 281 g/mol. The van der Waals surface area contributed by atoms with Gasteiger partial charge in [-0.25, -0.2) is 0 Å². The molecule has 0 amide bonds. The molecule has 0 rings (SSSR count). The van der Waals surface area contributed by atoms with E-state index in [1.165, 1.54) is 0 Å². The van der Waals surface area contributed by atoms with Gasteiger partial charge in [0.1, 0.15) is 0 Å². The maximum Gasteiger partial charge on any atom is 2.00 e. The van der Waals surface area contributed by atoms with Gasteiger partial charge in [0.05, 0.1) is 10.2 Å². The predicted molar refractivity (Wildman–Crippen MR) is 34.9 cm³/mol. The Labute approximate surface area is 86.1 Å². The molecule has 0 unspecified atom stereocenters. The first-order valence-electron chi connectivity index (χ1n) is 1.79. The molecule has 0 bridgehead atoms. The largest absolute Gasteiger partial charge is 2.00 e. The zero-order valence-electron chi connectivity index (χ0n) is 5.80. The van der Waals surface area contributed by atoms with Crippen LogP contribution in [-0.2, 0) is 27.2 Å². The minimum Gasteiger partial charge on any atom is -0.356 e. The van der Waals surface area contributed by atoms with Gasteiger partial charge in [-0.2, -0.15) is 8.42 Å². The van der Waals surface area contributed by atoms with Crippen LogP contribution in [0, 0.1) is 30.6 Å². The minimum absolute atomic E-state index is 0. The zero-order chi connectivity index (χ0) is 11.7. The summed E-state index contributed by atoms with van der Waals surface area (Å²) in [7, 11) is -4.67. The molecular weight excluding hydrogens is 279 g/mol. The Hall–Kier alpha value is -1.22. The second-order valence-electron chi connectivity index (χ2n) is 0.895. The normalized spacial score (nSPS) is 7.57. The Bertz CT molecular complexity index is 213. The molecule has 0 atom stereocenters. The van der Waals surface area contributed by atoms with E-state index in [0.29, 0.717) is 0 Å². The van der Waals surface area contributed by atoms with Gasteiger partial charge in [0.25, 0.3) is 0 Å². The van der Waals surface area contributed by atoms with Gasteiger partial charge in [-0.3, -0.25) is 9.11 Å². The second-order valence-corrected chi connectivity index (χ2v) is 1.79. The van der Waals surface area contributed by atoms with E-state index in [4.69, 9.17) is 48.2 Å². The van der Waals surface area contributed by atoms with Crippen LogP contribution in [0.2, 0.25) is 0 Å². The summed E-state index contributed by atoms with van der Waals surface area (Å²) in [4.78, 5) is 16.5. The Morgan fingerprint density at radius 1 is 0.857 bits per heavy atom. The van der Waals surface area contributed by atoms with Crippen LogP contribution >= 0.6 is 0 Å². The Balaban J connectivity index is -0.0000000522. The average Bonchev–Trinajstić information content (AvgIpc) is 1.50. The summed E-state index contributed by atoms with van der Waals surface area (Å²) in [6, 6.07) is 0. The van der Waals surface area contributed by atoms with Gasteiger partial charge in [0.15, 0.2) is 0 Å². The third kappa shape index (κ3) is 688. The third-order valence-electron chi connectivity index (χ3n) is 0. The molecule has 0 aliphatic heterocycles. The van der Waals surface area contributed by atoms with Gasteiger partial charge in [0, 0.05) is 0 Å². The summed E-state index contributed by atoms with van der Waals surface area (Å²) in [6.45, 7) is 0. The van der Waals surface area contributed by atoms with E-state index in [1.807, 2.05) is 0 Å². The molecule has 0 fully saturated rings. The van der Waals surface area contributed by atoms with Crippen LogP contribution in [0.3, 0.4) is 0 Å². The van der Waals surface area contributed by atoms with E-state index in [0.717, 1.165) is 0 Å². The molecule has 0 spiro atoms. The maximum absolute atomic E-state index is 8.74. The molecule has 14 heavy (non-hydrogen) atoms. The topological polar surface area (TPSA) is 207 Å². The van der Waals surface area contributed by atoms with Crippen LogP contribution in [-0.4, -0.2) is 27.7 Å². The molecule has 12 nitrogen and oxygen atoms in total. The van der Waals surface area contributed by atoms with Gasteiger partial charge >= 0.3 is 27.2 Å². The molecule has 0 saturated carbocycles. The molecule has 0 aliphatic carbocycles. The van der Waals surface area contributed by atoms with Gasteiger partial charge in [-0.1, -0.05) is 0 Å². The summed E-state index contributed by atoms with van der Waals surface area (Å²) < 4.78 is 31.6. The van der Waals surface area contributed by atoms with Crippen LogP contribution in [0.5, 0.6) is 0 Å². The monoisotopic (exact) mass is 281 g/mol. The van der Waals surface area contributed by atoms with Crippen molar-refractivity contribution in [3.63, 3.8) is 0 Å². The third-order valence-corrected chi connectivity index (χ3v) is 0. The van der Waals surface area contributed by atoms with Crippen molar-refractivity contribution in [1.82, 2.24) is 0 Å². The van der Waals surface area contributed by atoms with E-state index >= 15 is 0 Å². The number of hydrogen-bond donors (Lipinski definition) is 2. The molecule has 0 heterocycles. The molecule has 14 heteroatoms. The SMILES string of the molecule is O=S(=O)(O)O.O=[N+]([O-])[O-].O=[N+]([O-])[O-].[Co+2]. The standard InChI is InChI=1S/Co.2NO3.H2O4S/c;2*2-1(3)4;1-5(2,3)4/h;;;(H2,1,2,3,4)/q+2;2*-1;. The number of hydrogen-bond acceptors (Lipinski definition) is 8. The van der Waals surface area contributed by atoms with Gasteiger partial charge in [0.2, 0.25) is 0 Å². The predicted octanol–water partition coefficient (Wildman–Crippen LogP) is -1.13. The first kappa shape index (κ1) is 23.0. The summed E-state index contributed by atoms with van der Waals surface area (Å²) in [5, 5.41) is 29.5. The van der Waals surface area contributed by atoms with E-state index in [-0.39, 0.29) is 16.8 Å². The van der Waals surface area contributed by atoms with Gasteiger partial charge in [-0.15, -0.1) is 0 Å². The Morgan fingerprint density at radius 3 is 0.857 bits per heavy atom. The minimum atomic E-state index is -4.67. The van der Waals surface area contributed by atoms with Crippen LogP contribution in [0.15, 0.2) is 0 Å². The van der Waals surface area contributed by atoms with Crippen molar-refractivity contribution in [3.8, 4) is 0 Å². The molecule has 0 aliphatic rings. The van der Waals surface area contributed by atoms with Crippen molar-refractivity contribution in [1.29, 1.82) is 0 Å². The summed E-state index contributed by atoms with van der Waals surface area (Å²) in [6.07, 6.45) is 0. The van der Waals surface area contributed by atoms with Crippen LogP contribution < -0.4 is 0 Å². The first-order chi connectivity index (χ1) is 5.46. The van der Waals surface area contributed by atoms with E-state index in [9.17, 15) is 0 Å². The van der Waals surface area contributed by atoms with Crippen molar-refractivity contribution < 1.29 is 44.5 Å². The molecule has 2 N–H and O–H groups in total. The smallest absolute Gasteiger partial charge is 0.356 e. The molecule has 0 aromatic carbocycles. The maximum atomic E-state index is 8.74. The first-order valence-corrected chi connectivity index (χ1v) is 3.19. The molecular formula is H2CoN2O10S. The zero-order valence-corrected chi connectivity index (χ0v) is 7.65. The Morgan fingerprint density at radius 2 is 0.857 bits per heavy atom. The molecule has 0 aromatic heterocycles. The number of nitrogens with zero attached hydrogens (tertiary/aromatic N) is 2. The molecule has 0 saturated heterocycles. The summed E-state index contributed by atoms with van der Waals surface area (Å²) in [5.74, 6) is 0. The van der Waals surface area contributed by atoms with E-state index in [1.54, 1.807) is 0 Å². The second kappa shape index (κ2) is 11.8. The van der Waals surface area contributed by atoms with Crippen LogP contribution in [0.1, 0.15) is 0 Å². The molecule has 1 radical (unpaired) electrons. The van der Waals surface area contributed by atoms with E-state index < -0.39 is 20.6 Å². The fraction of sp³-hybridized carbons (Fsp3) is 0. The van der Waals surface area contributed by atoms with Crippen molar-refractivity contribution in [2.45, 2.75) is 0 Å². The fourth-order valence-corrected chi connectivity index (χ4v) is 0. The van der Waals surface area contributed by atoms with Gasteiger partial charge in [-0.05, 0) is 0 Å². The summed E-state index contributed by atoms with van der Waals surface area (Å²) in [5.41, 5.74) is 0. The summed E-state index contributed by atoms with van der Waals surface area (Å²) >= 11 is 0. The molecule has 0 aromatic rings.